The van der Waals surface area contributed by atoms with Crippen LogP contribution in [0.4, 0.5) is 0 Å². The Kier molecular flexibility index (Phi) is 30.4. The van der Waals surface area contributed by atoms with Gasteiger partial charge < -0.3 is 48.8 Å². The van der Waals surface area contributed by atoms with Crippen LogP contribution in [0, 0.1) is 71.0 Å². The minimum atomic E-state index is -0.995. The lowest BCUT2D eigenvalue weighted by Crippen LogP contribution is -2.43. The second-order valence-corrected chi connectivity index (χ2v) is 23.7. The maximum Gasteiger partial charge on any atom is 0.233 e. The first-order chi connectivity index (χ1) is 34.4. The van der Waals surface area contributed by atoms with Gasteiger partial charge in [0.1, 0.15) is 0 Å². The maximum atomic E-state index is 14.5. The minimum Gasteiger partial charge on any atom is -0.349 e. The highest BCUT2D eigenvalue weighted by atomic mass is 32.1. The smallest absolute Gasteiger partial charge is 0.233 e. The first kappa shape index (κ1) is 70.1. The van der Waals surface area contributed by atoms with E-state index in [2.05, 4.69) is 17.5 Å². The summed E-state index contributed by atoms with van der Waals surface area (Å²) in [4.78, 5) is 154. The molecule has 0 bridgehead atoms. The van der Waals surface area contributed by atoms with Crippen molar-refractivity contribution in [1.29, 1.82) is 0 Å². The lowest BCUT2D eigenvalue weighted by Gasteiger charge is -2.34. The van der Waals surface area contributed by atoms with E-state index in [-0.39, 0.29) is 129 Å². The van der Waals surface area contributed by atoms with Crippen molar-refractivity contribution in [2.24, 2.45) is 71.0 Å². The Bertz CT molecular complexity index is 1920. The third-order valence-corrected chi connectivity index (χ3v) is 14.4. The number of thiol groups is 1. The van der Waals surface area contributed by atoms with E-state index in [1.807, 2.05) is 27.7 Å². The van der Waals surface area contributed by atoms with Gasteiger partial charge in [-0.05, 0) is 76.0 Å². The molecule has 75 heavy (non-hydrogen) atoms. The quantitative estimate of drug-likeness (QED) is 0.0970. The van der Waals surface area contributed by atoms with Gasteiger partial charge in [-0.1, -0.05) is 40.5 Å². The summed E-state index contributed by atoms with van der Waals surface area (Å²) in [5, 5.41) is 0. The predicted octanol–water partition coefficient (Wildman–Crippen LogP) is 3.12. The molecule has 1 N–H and O–H groups in total. The molecule has 0 spiro atoms. The van der Waals surface area contributed by atoms with Crippen LogP contribution in [0.1, 0.15) is 91.9 Å². The third kappa shape index (κ3) is 22.7. The number of hydrogen-bond donors (Lipinski definition) is 2. The zero-order valence-corrected chi connectivity index (χ0v) is 50.9. The average Bonchev–Trinajstić information content (AvgIpc) is 3.31. The van der Waals surface area contributed by atoms with Crippen molar-refractivity contribution in [3.8, 4) is 0 Å². The molecular weight excluding hydrogens is 981 g/mol. The van der Waals surface area contributed by atoms with Crippen LogP contribution >= 0.6 is 12.8 Å². The van der Waals surface area contributed by atoms with Crippen LogP contribution in [0.25, 0.3) is 0 Å². The van der Waals surface area contributed by atoms with Gasteiger partial charge in [0.2, 0.25) is 59.1 Å². The molecule has 432 valence electrons. The van der Waals surface area contributed by atoms with Crippen molar-refractivity contribution >= 4 is 71.9 Å². The number of amides is 10. The molecule has 0 saturated carbocycles. The molecule has 0 heterocycles. The Hall–Kier alpha value is -4.95. The molecule has 0 aliphatic rings. The van der Waals surface area contributed by atoms with Crippen molar-refractivity contribution in [3.05, 3.63) is 0 Å². The molecule has 0 aromatic rings. The number of nitrogens with one attached hydrogen (secondary N) is 1. The third-order valence-electron chi connectivity index (χ3n) is 14.2. The molecule has 0 fully saturated rings. The Morgan fingerprint density at radius 3 is 0.547 bits per heavy atom. The summed E-state index contributed by atoms with van der Waals surface area (Å²) < 4.78 is 2.40. The molecule has 0 aromatic carbocycles. The fourth-order valence-corrected chi connectivity index (χ4v) is 10.5. The van der Waals surface area contributed by atoms with E-state index in [4.69, 9.17) is 0 Å². The Labute approximate surface area is 456 Å². The summed E-state index contributed by atoms with van der Waals surface area (Å²) in [7, 11) is 28.8. The van der Waals surface area contributed by atoms with Crippen LogP contribution in [-0.4, -0.2) is 230 Å². The molecule has 0 radical (unpaired) electrons. The lowest BCUT2D eigenvalue weighted by atomic mass is 9.75. The van der Waals surface area contributed by atoms with Crippen molar-refractivity contribution in [1.82, 2.24) is 48.8 Å². The summed E-state index contributed by atoms with van der Waals surface area (Å²) in [6.07, 6.45) is 0.397. The number of carbonyl (C=O) groups excluding carboxylic acids is 10. The van der Waals surface area contributed by atoms with Crippen molar-refractivity contribution in [3.63, 3.8) is 0 Å². The summed E-state index contributed by atoms with van der Waals surface area (Å²) in [6.45, 7) is 7.73. The van der Waals surface area contributed by atoms with Crippen LogP contribution in [-0.2, 0) is 47.9 Å². The second-order valence-electron chi connectivity index (χ2n) is 23.4. The summed E-state index contributed by atoms with van der Waals surface area (Å²) in [5.74, 6) is -11.7. The molecule has 0 aliphatic carbocycles. The second kappa shape index (κ2) is 32.6. The largest absolute Gasteiger partial charge is 0.349 e. The molecule has 10 amide bonds. The fourth-order valence-electron chi connectivity index (χ4n) is 10.4. The SMILES string of the molecule is CC(C)CC(CC(CC(CC(CC(CC(CC(CC(CC(CC(C(=O)NS)C(C)C)C(=O)N(C)C)C(=O)N(C)C)C(=O)N(C)C)C(=O)N(C)C)C(=O)N(C)C)C(=O)N(C)C)C(=O)N(C)C)C(=O)N(C)C)C(=O)N(C)C. The van der Waals surface area contributed by atoms with Gasteiger partial charge in [-0.25, -0.2) is 0 Å². The topological polar surface area (TPSA) is 212 Å². The molecule has 20 nitrogen and oxygen atoms in total. The number of nitrogens with zero attached hydrogens (tertiary/aromatic N) is 9. The monoisotopic (exact) mass is 1080 g/mol. The number of carbonyl (C=O) groups is 10. The first-order valence-corrected chi connectivity index (χ1v) is 26.7. The van der Waals surface area contributed by atoms with E-state index < -0.39 is 59.2 Å². The molecule has 0 saturated heterocycles. The van der Waals surface area contributed by atoms with Gasteiger partial charge in [-0.3, -0.25) is 47.9 Å². The molecule has 0 rings (SSSR count). The van der Waals surface area contributed by atoms with Gasteiger partial charge in [-0.15, -0.1) is 0 Å². The Balaban J connectivity index is 7.92. The molecule has 0 aliphatic heterocycles. The van der Waals surface area contributed by atoms with Gasteiger partial charge in [0.05, 0.1) is 0 Å². The van der Waals surface area contributed by atoms with Gasteiger partial charge in [0, 0.05) is 186 Å². The molecular formula is C54H100N10O10S. The van der Waals surface area contributed by atoms with Crippen LogP contribution in [0.15, 0.2) is 0 Å². The van der Waals surface area contributed by atoms with Crippen LogP contribution in [0.3, 0.4) is 0 Å². The van der Waals surface area contributed by atoms with E-state index in [9.17, 15) is 47.9 Å². The highest BCUT2D eigenvalue weighted by Crippen LogP contribution is 2.37. The van der Waals surface area contributed by atoms with Gasteiger partial charge in [0.25, 0.3) is 0 Å². The average molecular weight is 1080 g/mol. The first-order valence-electron chi connectivity index (χ1n) is 26.3. The fraction of sp³-hybridized carbons (Fsp3) is 0.815. The minimum absolute atomic E-state index is 0.00512. The normalized spacial score (nSPS) is 15.4. The van der Waals surface area contributed by atoms with Crippen molar-refractivity contribution in [2.75, 3.05) is 127 Å². The Morgan fingerprint density at radius 1 is 0.280 bits per heavy atom. The lowest BCUT2D eigenvalue weighted by molar-refractivity contribution is -0.142. The Morgan fingerprint density at radius 2 is 0.427 bits per heavy atom. The van der Waals surface area contributed by atoms with Crippen LogP contribution in [0.5, 0.6) is 0 Å². The number of hydrogen-bond acceptors (Lipinski definition) is 11. The summed E-state index contributed by atoms with van der Waals surface area (Å²) >= 11 is 4.00. The summed E-state index contributed by atoms with van der Waals surface area (Å²) in [6, 6.07) is 0. The van der Waals surface area contributed by atoms with E-state index in [1.54, 1.807) is 127 Å². The molecule has 0 aromatic heterocycles. The van der Waals surface area contributed by atoms with Gasteiger partial charge in [-0.2, -0.15) is 0 Å². The standard InChI is InChI=1S/C54H100N10O10S/c1-33(2)23-35(46(66)56(5)6)24-36(47(67)57(7)8)25-37(48(68)58(9)10)26-38(49(69)59(11)12)27-39(50(70)60(13)14)28-40(51(71)61(15)16)29-41(52(72)62(17)18)30-42(53(73)63(19)20)31-43(54(74)64(21)22)32-44(34(3)4)45(65)55-75/h33-44,75H,23-32H2,1-22H3,(H,55,65). The van der Waals surface area contributed by atoms with Crippen molar-refractivity contribution < 1.29 is 47.9 Å². The van der Waals surface area contributed by atoms with E-state index in [0.717, 1.165) is 0 Å². The summed E-state index contributed by atoms with van der Waals surface area (Å²) in [5.41, 5.74) is 0. The van der Waals surface area contributed by atoms with E-state index >= 15 is 0 Å². The van der Waals surface area contributed by atoms with E-state index in [1.165, 1.54) is 44.1 Å². The van der Waals surface area contributed by atoms with Crippen molar-refractivity contribution in [2.45, 2.75) is 91.9 Å². The highest BCUT2D eigenvalue weighted by Gasteiger charge is 2.42. The number of rotatable bonds is 31. The predicted molar refractivity (Wildman–Crippen MR) is 296 cm³/mol. The van der Waals surface area contributed by atoms with Gasteiger partial charge in [0.15, 0.2) is 0 Å². The molecule has 10 atom stereocenters. The molecule has 10 unspecified atom stereocenters. The van der Waals surface area contributed by atoms with Crippen LogP contribution in [0.2, 0.25) is 0 Å². The maximum absolute atomic E-state index is 14.5. The van der Waals surface area contributed by atoms with Crippen LogP contribution < -0.4 is 4.72 Å². The van der Waals surface area contributed by atoms with E-state index in [0.29, 0.717) is 6.42 Å². The zero-order valence-electron chi connectivity index (χ0n) is 50.1. The van der Waals surface area contributed by atoms with Gasteiger partial charge >= 0.3 is 0 Å². The molecule has 21 heteroatoms. The highest BCUT2D eigenvalue weighted by molar-refractivity contribution is 7.78. The zero-order chi connectivity index (χ0) is 58.7.